The lowest BCUT2D eigenvalue weighted by atomic mass is 10.1. The van der Waals surface area contributed by atoms with E-state index in [1.54, 1.807) is 43.3 Å². The number of piperidine rings is 1. The van der Waals surface area contributed by atoms with Crippen LogP contribution in [-0.2, 0) is 4.79 Å². The number of aromatic carboxylic acids is 1. The summed E-state index contributed by atoms with van der Waals surface area (Å²) in [5.41, 5.74) is 0.819. The van der Waals surface area contributed by atoms with Crippen LogP contribution in [-0.4, -0.2) is 58.6 Å². The topological polar surface area (TPSA) is 128 Å². The summed E-state index contributed by atoms with van der Waals surface area (Å²) in [7, 11) is 3.23. The molecule has 1 atom stereocenters. The summed E-state index contributed by atoms with van der Waals surface area (Å²) >= 11 is 0. The molecule has 1 fully saturated rings. The van der Waals surface area contributed by atoms with Gasteiger partial charge in [-0.05, 0) is 18.6 Å². The fourth-order valence-electron chi connectivity index (χ4n) is 2.98. The molecule has 0 spiro atoms. The van der Waals surface area contributed by atoms with Crippen molar-refractivity contribution in [2.24, 2.45) is 0 Å². The molecule has 9 nitrogen and oxygen atoms in total. The van der Waals surface area contributed by atoms with Gasteiger partial charge in [-0.3, -0.25) is 4.79 Å². The van der Waals surface area contributed by atoms with Gasteiger partial charge in [0.1, 0.15) is 11.9 Å². The van der Waals surface area contributed by atoms with Crippen LogP contribution in [0, 0.1) is 11.3 Å². The lowest BCUT2D eigenvalue weighted by molar-refractivity contribution is -0.134. The number of ether oxygens (including phenoxy) is 1. The first-order valence-corrected chi connectivity index (χ1v) is 8.67. The predicted octanol–water partition coefficient (Wildman–Crippen LogP) is 1.75. The first-order valence-electron chi connectivity index (χ1n) is 8.67. The van der Waals surface area contributed by atoms with Crippen molar-refractivity contribution in [2.75, 3.05) is 26.0 Å². The van der Waals surface area contributed by atoms with E-state index in [0.717, 1.165) is 0 Å². The molecule has 0 bridgehead atoms. The van der Waals surface area contributed by atoms with Gasteiger partial charge in [0.15, 0.2) is 11.4 Å². The minimum atomic E-state index is -1.23. The number of anilines is 1. The van der Waals surface area contributed by atoms with Gasteiger partial charge in [0.25, 0.3) is 0 Å². The summed E-state index contributed by atoms with van der Waals surface area (Å²) in [4.78, 5) is 33.6. The Morgan fingerprint density at radius 1 is 1.43 bits per heavy atom. The Balaban J connectivity index is 2.04. The number of nitriles is 1. The molecule has 0 radical (unpaired) electrons. The summed E-state index contributed by atoms with van der Waals surface area (Å²) in [5, 5.41) is 21.5. The number of hydrogen-bond acceptors (Lipinski definition) is 7. The Labute approximate surface area is 161 Å². The number of carboxylic acid groups (broad SMARTS) is 1. The van der Waals surface area contributed by atoms with Crippen LogP contribution < -0.4 is 10.1 Å². The van der Waals surface area contributed by atoms with Crippen LogP contribution in [0.15, 0.2) is 24.3 Å². The van der Waals surface area contributed by atoms with Gasteiger partial charge < -0.3 is 20.1 Å². The molecule has 2 heterocycles. The molecule has 1 saturated heterocycles. The standard InChI is InChI=1S/C19H19N5O4/c1-21-17-15(19(26)27)18(28-13-6-7-14(25)24(2)10-13)23-16(22-17)12-5-3-4-11(8-12)9-20/h3-5,8,13H,6-7,10H2,1-2H3,(H,26,27)(H,21,22,23). The van der Waals surface area contributed by atoms with Gasteiger partial charge in [0.05, 0.1) is 18.2 Å². The van der Waals surface area contributed by atoms with Crippen LogP contribution in [0.3, 0.4) is 0 Å². The maximum Gasteiger partial charge on any atom is 0.345 e. The average molecular weight is 381 g/mol. The number of aromatic nitrogens is 2. The predicted molar refractivity (Wildman–Crippen MR) is 100.0 cm³/mol. The zero-order valence-electron chi connectivity index (χ0n) is 15.5. The molecule has 9 heteroatoms. The van der Waals surface area contributed by atoms with E-state index in [9.17, 15) is 14.7 Å². The largest absolute Gasteiger partial charge is 0.477 e. The number of likely N-dealkylation sites (N-methyl/N-ethyl adjacent to an activating group) is 1. The number of rotatable bonds is 5. The van der Waals surface area contributed by atoms with Gasteiger partial charge in [0.2, 0.25) is 11.8 Å². The third-order valence-corrected chi connectivity index (χ3v) is 4.44. The van der Waals surface area contributed by atoms with E-state index in [1.807, 2.05) is 0 Å². The van der Waals surface area contributed by atoms with E-state index in [1.165, 1.54) is 0 Å². The van der Waals surface area contributed by atoms with E-state index in [0.29, 0.717) is 30.5 Å². The SMILES string of the molecule is CNc1nc(-c2cccc(C#N)c2)nc(OC2CCC(=O)N(C)C2)c1C(=O)O. The zero-order chi connectivity index (χ0) is 20.3. The molecule has 2 aromatic rings. The highest BCUT2D eigenvalue weighted by Crippen LogP contribution is 2.29. The minimum Gasteiger partial charge on any atom is -0.477 e. The van der Waals surface area contributed by atoms with Gasteiger partial charge >= 0.3 is 5.97 Å². The first kappa shape index (κ1) is 19.1. The van der Waals surface area contributed by atoms with Crippen LogP contribution in [0.25, 0.3) is 11.4 Å². The molecule has 0 saturated carbocycles. The van der Waals surface area contributed by atoms with Crippen molar-refractivity contribution in [1.82, 2.24) is 14.9 Å². The molecular formula is C19H19N5O4. The van der Waals surface area contributed by atoms with Crippen molar-refractivity contribution < 1.29 is 19.4 Å². The molecule has 0 aliphatic carbocycles. The maximum atomic E-state index is 11.8. The highest BCUT2D eigenvalue weighted by molar-refractivity contribution is 5.96. The molecule has 1 aromatic carbocycles. The van der Waals surface area contributed by atoms with E-state index < -0.39 is 5.97 Å². The second kappa shape index (κ2) is 7.92. The molecule has 1 unspecified atom stereocenters. The van der Waals surface area contributed by atoms with Crippen molar-refractivity contribution in [3.63, 3.8) is 0 Å². The highest BCUT2D eigenvalue weighted by Gasteiger charge is 2.28. The summed E-state index contributed by atoms with van der Waals surface area (Å²) in [6.07, 6.45) is 0.420. The van der Waals surface area contributed by atoms with Gasteiger partial charge in [-0.25, -0.2) is 9.78 Å². The molecular weight excluding hydrogens is 362 g/mol. The van der Waals surface area contributed by atoms with Gasteiger partial charge in [-0.2, -0.15) is 10.2 Å². The third-order valence-electron chi connectivity index (χ3n) is 4.44. The number of carbonyl (C=O) groups is 2. The first-order chi connectivity index (χ1) is 13.4. The minimum absolute atomic E-state index is 0.0194. The fourth-order valence-corrected chi connectivity index (χ4v) is 2.98. The maximum absolute atomic E-state index is 11.8. The Morgan fingerprint density at radius 2 is 2.21 bits per heavy atom. The molecule has 1 aliphatic rings. The number of carboxylic acids is 1. The lowest BCUT2D eigenvalue weighted by Crippen LogP contribution is -2.42. The van der Waals surface area contributed by atoms with Crippen LogP contribution in [0.5, 0.6) is 5.88 Å². The molecule has 2 N–H and O–H groups in total. The second-order valence-electron chi connectivity index (χ2n) is 6.38. The second-order valence-corrected chi connectivity index (χ2v) is 6.38. The Bertz CT molecular complexity index is 969. The molecule has 28 heavy (non-hydrogen) atoms. The monoisotopic (exact) mass is 381 g/mol. The molecule has 3 rings (SSSR count). The summed E-state index contributed by atoms with van der Waals surface area (Å²) in [5.74, 6) is -0.934. The molecule has 1 aromatic heterocycles. The average Bonchev–Trinajstić information content (AvgIpc) is 2.70. The summed E-state index contributed by atoms with van der Waals surface area (Å²) in [6, 6.07) is 8.75. The van der Waals surface area contributed by atoms with Crippen molar-refractivity contribution in [2.45, 2.75) is 18.9 Å². The van der Waals surface area contributed by atoms with E-state index in [4.69, 9.17) is 10.00 Å². The Hall–Kier alpha value is -3.67. The number of likely N-dealkylation sites (tertiary alicyclic amines) is 1. The quantitative estimate of drug-likeness (QED) is 0.802. The lowest BCUT2D eigenvalue weighted by Gasteiger charge is -2.30. The molecule has 1 aliphatic heterocycles. The van der Waals surface area contributed by atoms with Gasteiger partial charge in [0, 0.05) is 26.1 Å². The molecule has 1 amide bonds. The van der Waals surface area contributed by atoms with E-state index >= 15 is 0 Å². The third kappa shape index (κ3) is 3.86. The number of benzene rings is 1. The molecule has 144 valence electrons. The van der Waals surface area contributed by atoms with Crippen molar-refractivity contribution in [3.05, 3.63) is 35.4 Å². The highest BCUT2D eigenvalue weighted by atomic mass is 16.5. The number of amides is 1. The van der Waals surface area contributed by atoms with Gasteiger partial charge in [-0.15, -0.1) is 0 Å². The van der Waals surface area contributed by atoms with Crippen molar-refractivity contribution in [1.29, 1.82) is 5.26 Å². The zero-order valence-corrected chi connectivity index (χ0v) is 15.5. The number of nitrogens with zero attached hydrogens (tertiary/aromatic N) is 4. The van der Waals surface area contributed by atoms with Crippen molar-refractivity contribution >= 4 is 17.7 Å². The fraction of sp³-hybridized carbons (Fsp3) is 0.316. The number of carbonyl (C=O) groups excluding carboxylic acids is 1. The summed E-state index contributed by atoms with van der Waals surface area (Å²) in [6.45, 7) is 0.343. The van der Waals surface area contributed by atoms with Crippen LogP contribution >= 0.6 is 0 Å². The van der Waals surface area contributed by atoms with Crippen LogP contribution in [0.2, 0.25) is 0 Å². The van der Waals surface area contributed by atoms with Crippen LogP contribution in [0.4, 0.5) is 5.82 Å². The Kier molecular flexibility index (Phi) is 5.40. The van der Waals surface area contributed by atoms with Gasteiger partial charge in [-0.1, -0.05) is 12.1 Å². The van der Waals surface area contributed by atoms with E-state index in [-0.39, 0.29) is 35.1 Å². The number of nitrogens with one attached hydrogen (secondary N) is 1. The normalized spacial score (nSPS) is 16.4. The summed E-state index contributed by atoms with van der Waals surface area (Å²) < 4.78 is 5.90. The Morgan fingerprint density at radius 3 is 2.86 bits per heavy atom. The smallest absolute Gasteiger partial charge is 0.345 e. The van der Waals surface area contributed by atoms with E-state index in [2.05, 4.69) is 21.4 Å². The van der Waals surface area contributed by atoms with Crippen LogP contribution in [0.1, 0.15) is 28.8 Å². The van der Waals surface area contributed by atoms with Crippen molar-refractivity contribution in [3.8, 4) is 23.3 Å². The number of hydrogen-bond donors (Lipinski definition) is 2.